The molecule has 3 amide bonds. The highest BCUT2D eigenvalue weighted by molar-refractivity contribution is 6.19. The van der Waals surface area contributed by atoms with Gasteiger partial charge >= 0.3 is 6.03 Å². The van der Waals surface area contributed by atoms with Crippen LogP contribution in [0.3, 0.4) is 0 Å². The molecule has 0 fully saturated rings. The van der Waals surface area contributed by atoms with Crippen molar-refractivity contribution in [3.63, 3.8) is 0 Å². The zero-order valence-electron chi connectivity index (χ0n) is 10.2. The van der Waals surface area contributed by atoms with Gasteiger partial charge in [0.15, 0.2) is 0 Å². The fourth-order valence-corrected chi connectivity index (χ4v) is 1.50. The molecule has 5 nitrogen and oxygen atoms in total. The summed E-state index contributed by atoms with van der Waals surface area (Å²) in [5, 5.41) is 4.76. The van der Waals surface area contributed by atoms with Gasteiger partial charge in [0.25, 0.3) is 0 Å². The first kappa shape index (κ1) is 14.3. The van der Waals surface area contributed by atoms with Gasteiger partial charge in [0.05, 0.1) is 7.11 Å². The highest BCUT2D eigenvalue weighted by Gasteiger charge is 2.08. The Balaban J connectivity index is 2.62. The van der Waals surface area contributed by atoms with Crippen LogP contribution in [0.4, 0.5) is 10.5 Å². The molecule has 0 atom stereocenters. The number of aryl methyl sites for hydroxylation is 1. The summed E-state index contributed by atoms with van der Waals surface area (Å²) in [6, 6.07) is 4.65. The predicted octanol–water partition coefficient (Wildman–Crippen LogP) is 2.28. The van der Waals surface area contributed by atoms with E-state index in [0.29, 0.717) is 11.4 Å². The van der Waals surface area contributed by atoms with Gasteiger partial charge in [0.1, 0.15) is 5.75 Å². The number of carbonyl (C=O) groups excluding carboxylic acids is 2. The van der Waals surface area contributed by atoms with Crippen molar-refractivity contribution in [1.82, 2.24) is 5.32 Å². The maximum absolute atomic E-state index is 11.5. The Labute approximate surface area is 110 Å². The number of halogens is 1. The number of benzene rings is 1. The lowest BCUT2D eigenvalue weighted by atomic mass is 10.2. The van der Waals surface area contributed by atoms with Gasteiger partial charge in [-0.25, -0.2) is 4.79 Å². The van der Waals surface area contributed by atoms with E-state index in [4.69, 9.17) is 16.3 Å². The Morgan fingerprint density at radius 2 is 2.11 bits per heavy atom. The predicted molar refractivity (Wildman–Crippen MR) is 70.2 cm³/mol. The molecule has 0 aliphatic rings. The maximum atomic E-state index is 11.5. The third-order valence-electron chi connectivity index (χ3n) is 2.26. The van der Waals surface area contributed by atoms with Crippen molar-refractivity contribution in [2.45, 2.75) is 13.3 Å². The first-order valence-electron chi connectivity index (χ1n) is 5.38. The smallest absolute Gasteiger partial charge is 0.325 e. The van der Waals surface area contributed by atoms with Crippen molar-refractivity contribution in [2.24, 2.45) is 0 Å². The number of urea groups is 1. The molecule has 0 heterocycles. The highest BCUT2D eigenvalue weighted by atomic mass is 35.5. The first-order valence-corrected chi connectivity index (χ1v) is 5.91. The third kappa shape index (κ3) is 4.25. The third-order valence-corrected chi connectivity index (χ3v) is 2.45. The van der Waals surface area contributed by atoms with Crippen LogP contribution in [0.25, 0.3) is 0 Å². The van der Waals surface area contributed by atoms with E-state index in [1.54, 1.807) is 25.3 Å². The number of hydrogen-bond donors (Lipinski definition) is 2. The Bertz CT molecular complexity index is 449. The zero-order chi connectivity index (χ0) is 13.5. The quantitative estimate of drug-likeness (QED) is 0.825. The zero-order valence-corrected chi connectivity index (χ0v) is 11.0. The fourth-order valence-electron chi connectivity index (χ4n) is 1.33. The number of alkyl halides is 1. The van der Waals surface area contributed by atoms with Crippen molar-refractivity contribution in [2.75, 3.05) is 18.3 Å². The Morgan fingerprint density at radius 3 is 2.67 bits per heavy atom. The standard InChI is InChI=1S/C12H15ClN2O3/c1-8-7-9(18-2)3-4-10(8)14-12(17)15-11(16)5-6-13/h3-4,7H,5-6H2,1-2H3,(H2,14,15,16,17). The van der Waals surface area contributed by atoms with Crippen LogP contribution in [-0.4, -0.2) is 24.9 Å². The van der Waals surface area contributed by atoms with E-state index < -0.39 is 11.9 Å². The van der Waals surface area contributed by atoms with Crippen LogP contribution in [0.2, 0.25) is 0 Å². The maximum Gasteiger partial charge on any atom is 0.325 e. The lowest BCUT2D eigenvalue weighted by Crippen LogP contribution is -2.34. The van der Waals surface area contributed by atoms with E-state index in [0.717, 1.165) is 5.56 Å². The van der Waals surface area contributed by atoms with Crippen LogP contribution >= 0.6 is 11.6 Å². The van der Waals surface area contributed by atoms with Crippen molar-refractivity contribution < 1.29 is 14.3 Å². The Morgan fingerprint density at radius 1 is 1.39 bits per heavy atom. The second kappa shape index (κ2) is 6.86. The van der Waals surface area contributed by atoms with E-state index in [9.17, 15) is 9.59 Å². The summed E-state index contributed by atoms with van der Waals surface area (Å²) in [5.74, 6) is 0.478. The molecule has 18 heavy (non-hydrogen) atoms. The molecule has 0 unspecified atom stereocenters. The van der Waals surface area contributed by atoms with Gasteiger partial charge in [-0.3, -0.25) is 10.1 Å². The molecule has 0 aliphatic carbocycles. The molecule has 1 rings (SSSR count). The van der Waals surface area contributed by atoms with Gasteiger partial charge in [0.2, 0.25) is 5.91 Å². The van der Waals surface area contributed by atoms with Crippen LogP contribution in [0, 0.1) is 6.92 Å². The summed E-state index contributed by atoms with van der Waals surface area (Å²) in [7, 11) is 1.57. The second-order valence-electron chi connectivity index (χ2n) is 3.62. The van der Waals surface area contributed by atoms with Gasteiger partial charge < -0.3 is 10.1 Å². The van der Waals surface area contributed by atoms with Crippen LogP contribution in [0.5, 0.6) is 5.75 Å². The van der Waals surface area contributed by atoms with Gasteiger partial charge in [-0.2, -0.15) is 0 Å². The largest absolute Gasteiger partial charge is 0.497 e. The normalized spacial score (nSPS) is 9.72. The summed E-state index contributed by atoms with van der Waals surface area (Å²) < 4.78 is 5.05. The molecule has 0 saturated heterocycles. The fraction of sp³-hybridized carbons (Fsp3) is 0.333. The Kier molecular flexibility index (Phi) is 5.45. The molecule has 0 radical (unpaired) electrons. The number of nitrogens with one attached hydrogen (secondary N) is 2. The number of carbonyl (C=O) groups is 2. The monoisotopic (exact) mass is 270 g/mol. The second-order valence-corrected chi connectivity index (χ2v) is 4.00. The highest BCUT2D eigenvalue weighted by Crippen LogP contribution is 2.20. The van der Waals surface area contributed by atoms with Crippen molar-refractivity contribution in [3.8, 4) is 5.75 Å². The average molecular weight is 271 g/mol. The van der Waals surface area contributed by atoms with Gasteiger partial charge in [-0.1, -0.05) is 0 Å². The number of ether oxygens (including phenoxy) is 1. The molecule has 1 aromatic rings. The van der Waals surface area contributed by atoms with Crippen LogP contribution in [0.1, 0.15) is 12.0 Å². The molecule has 0 spiro atoms. The molecule has 98 valence electrons. The van der Waals surface area contributed by atoms with E-state index in [-0.39, 0.29) is 12.3 Å². The molecule has 1 aromatic carbocycles. The summed E-state index contributed by atoms with van der Waals surface area (Å²) in [4.78, 5) is 22.6. The summed E-state index contributed by atoms with van der Waals surface area (Å²) >= 11 is 5.39. The van der Waals surface area contributed by atoms with Crippen LogP contribution in [0.15, 0.2) is 18.2 Å². The van der Waals surface area contributed by atoms with Gasteiger partial charge in [0, 0.05) is 18.0 Å². The molecule has 0 saturated carbocycles. The average Bonchev–Trinajstić information content (AvgIpc) is 2.31. The van der Waals surface area contributed by atoms with Crippen LogP contribution < -0.4 is 15.4 Å². The molecule has 2 N–H and O–H groups in total. The van der Waals surface area contributed by atoms with Crippen molar-refractivity contribution in [3.05, 3.63) is 23.8 Å². The molecule has 0 aromatic heterocycles. The van der Waals surface area contributed by atoms with E-state index in [1.165, 1.54) is 0 Å². The van der Waals surface area contributed by atoms with E-state index >= 15 is 0 Å². The number of methoxy groups -OCH3 is 1. The summed E-state index contributed by atoms with van der Waals surface area (Å²) in [6.07, 6.45) is 0.108. The lowest BCUT2D eigenvalue weighted by molar-refractivity contribution is -0.119. The van der Waals surface area contributed by atoms with Crippen molar-refractivity contribution in [1.29, 1.82) is 0 Å². The minimum atomic E-state index is -0.571. The van der Waals surface area contributed by atoms with Crippen molar-refractivity contribution >= 4 is 29.2 Å². The Hall–Kier alpha value is -1.75. The van der Waals surface area contributed by atoms with Gasteiger partial charge in [-0.15, -0.1) is 11.6 Å². The molecular formula is C12H15ClN2O3. The number of hydrogen-bond acceptors (Lipinski definition) is 3. The summed E-state index contributed by atoms with van der Waals surface area (Å²) in [6.45, 7) is 1.83. The first-order chi connectivity index (χ1) is 8.56. The van der Waals surface area contributed by atoms with E-state index in [1.807, 2.05) is 6.92 Å². The number of rotatable bonds is 4. The van der Waals surface area contributed by atoms with Gasteiger partial charge in [-0.05, 0) is 30.7 Å². The topological polar surface area (TPSA) is 67.4 Å². The molecule has 0 aliphatic heterocycles. The van der Waals surface area contributed by atoms with Crippen LogP contribution in [-0.2, 0) is 4.79 Å². The lowest BCUT2D eigenvalue weighted by Gasteiger charge is -2.10. The number of anilines is 1. The number of amides is 3. The van der Waals surface area contributed by atoms with E-state index in [2.05, 4.69) is 10.6 Å². The number of imide groups is 1. The minimum Gasteiger partial charge on any atom is -0.497 e. The molecule has 0 bridgehead atoms. The molecular weight excluding hydrogens is 256 g/mol. The summed E-state index contributed by atoms with van der Waals surface area (Å²) in [5.41, 5.74) is 1.46. The minimum absolute atomic E-state index is 0.108. The SMILES string of the molecule is COc1ccc(NC(=O)NC(=O)CCCl)c(C)c1. The molecule has 6 heteroatoms.